The Morgan fingerprint density at radius 2 is 1.78 bits per heavy atom. The van der Waals surface area contributed by atoms with Gasteiger partial charge in [0.2, 0.25) is 0 Å². The van der Waals surface area contributed by atoms with Crippen molar-refractivity contribution in [1.82, 2.24) is 15.0 Å². The Morgan fingerprint density at radius 3 is 2.48 bits per heavy atom. The van der Waals surface area contributed by atoms with Crippen LogP contribution >= 0.6 is 23.2 Å². The Kier molecular flexibility index (Phi) is 4.74. The molecule has 0 amide bonds. The zero-order chi connectivity index (χ0) is 16.2. The fraction of sp³-hybridized carbons (Fsp3) is 0.118. The highest BCUT2D eigenvalue weighted by molar-refractivity contribution is 6.41. The highest BCUT2D eigenvalue weighted by Crippen LogP contribution is 2.26. The fourth-order valence-electron chi connectivity index (χ4n) is 2.13. The van der Waals surface area contributed by atoms with E-state index in [1.54, 1.807) is 24.7 Å². The second-order valence-electron chi connectivity index (χ2n) is 5.07. The van der Waals surface area contributed by atoms with Crippen LogP contribution in [-0.4, -0.2) is 15.0 Å². The highest BCUT2D eigenvalue weighted by atomic mass is 35.5. The molecule has 0 aliphatic carbocycles. The SMILES string of the molecule is Cc1cc(NCc2ccc(-c3cnc(Cl)c(Cl)c3)cn2)ccn1. The molecule has 4 nitrogen and oxygen atoms in total. The van der Waals surface area contributed by atoms with Crippen molar-refractivity contribution in [3.63, 3.8) is 0 Å². The van der Waals surface area contributed by atoms with Gasteiger partial charge in [-0.2, -0.15) is 0 Å². The van der Waals surface area contributed by atoms with Crippen LogP contribution in [-0.2, 0) is 6.54 Å². The predicted octanol–water partition coefficient (Wildman–Crippen LogP) is 4.77. The smallest absolute Gasteiger partial charge is 0.147 e. The molecule has 0 aliphatic rings. The van der Waals surface area contributed by atoms with Gasteiger partial charge in [0.1, 0.15) is 5.15 Å². The van der Waals surface area contributed by atoms with Gasteiger partial charge in [-0.1, -0.05) is 29.3 Å². The third-order valence-electron chi connectivity index (χ3n) is 3.32. The van der Waals surface area contributed by atoms with Gasteiger partial charge in [0, 0.05) is 41.1 Å². The van der Waals surface area contributed by atoms with Crippen LogP contribution < -0.4 is 5.32 Å². The first-order chi connectivity index (χ1) is 11.1. The molecule has 3 rings (SSSR count). The number of hydrogen-bond donors (Lipinski definition) is 1. The van der Waals surface area contributed by atoms with Crippen LogP contribution in [0.2, 0.25) is 10.2 Å². The maximum atomic E-state index is 6.00. The molecule has 0 atom stereocenters. The average Bonchev–Trinajstić information content (AvgIpc) is 2.56. The van der Waals surface area contributed by atoms with Crippen molar-refractivity contribution in [3.05, 3.63) is 70.5 Å². The number of rotatable bonds is 4. The van der Waals surface area contributed by atoms with Crippen molar-refractivity contribution in [3.8, 4) is 11.1 Å². The minimum atomic E-state index is 0.303. The molecule has 0 saturated heterocycles. The monoisotopic (exact) mass is 344 g/mol. The molecule has 1 N–H and O–H groups in total. The summed E-state index contributed by atoms with van der Waals surface area (Å²) in [6.07, 6.45) is 5.27. The number of nitrogens with zero attached hydrogens (tertiary/aromatic N) is 3. The number of nitrogens with one attached hydrogen (secondary N) is 1. The Hall–Kier alpha value is -2.17. The van der Waals surface area contributed by atoms with Gasteiger partial charge in [-0.3, -0.25) is 9.97 Å². The molecule has 0 unspecified atom stereocenters. The van der Waals surface area contributed by atoms with Crippen molar-refractivity contribution in [2.45, 2.75) is 13.5 Å². The summed E-state index contributed by atoms with van der Waals surface area (Å²) in [5.74, 6) is 0. The number of aryl methyl sites for hydroxylation is 1. The summed E-state index contributed by atoms with van der Waals surface area (Å²) < 4.78 is 0. The minimum Gasteiger partial charge on any atom is -0.379 e. The molecular formula is C17H14Cl2N4. The van der Waals surface area contributed by atoms with Crippen molar-refractivity contribution >= 4 is 28.9 Å². The molecule has 0 saturated carbocycles. The normalized spacial score (nSPS) is 10.6. The van der Waals surface area contributed by atoms with Crippen LogP contribution in [0.4, 0.5) is 5.69 Å². The van der Waals surface area contributed by atoms with E-state index < -0.39 is 0 Å². The van der Waals surface area contributed by atoms with Gasteiger partial charge in [-0.25, -0.2) is 4.98 Å². The second kappa shape index (κ2) is 6.94. The predicted molar refractivity (Wildman–Crippen MR) is 93.8 cm³/mol. The van der Waals surface area contributed by atoms with E-state index in [4.69, 9.17) is 23.2 Å². The molecule has 0 spiro atoms. The average molecular weight is 345 g/mol. The molecule has 0 bridgehead atoms. The molecule has 0 aliphatic heterocycles. The molecule has 0 aromatic carbocycles. The van der Waals surface area contributed by atoms with Crippen molar-refractivity contribution in [2.75, 3.05) is 5.32 Å². The van der Waals surface area contributed by atoms with E-state index in [9.17, 15) is 0 Å². The molecule has 0 fully saturated rings. The van der Waals surface area contributed by atoms with Crippen molar-refractivity contribution < 1.29 is 0 Å². The lowest BCUT2D eigenvalue weighted by atomic mass is 10.1. The molecule has 3 aromatic rings. The van der Waals surface area contributed by atoms with Crippen LogP contribution in [0.5, 0.6) is 0 Å². The first-order valence-electron chi connectivity index (χ1n) is 7.05. The first kappa shape index (κ1) is 15.7. The Bertz CT molecular complexity index is 819. The molecule has 3 heterocycles. The number of hydrogen-bond acceptors (Lipinski definition) is 4. The largest absolute Gasteiger partial charge is 0.379 e. The number of aromatic nitrogens is 3. The Balaban J connectivity index is 1.70. The molecule has 116 valence electrons. The third-order valence-corrected chi connectivity index (χ3v) is 4.01. The Morgan fingerprint density at radius 1 is 0.957 bits per heavy atom. The summed E-state index contributed by atoms with van der Waals surface area (Å²) in [5.41, 5.74) is 4.77. The van der Waals surface area contributed by atoms with Gasteiger partial charge in [0.05, 0.1) is 17.3 Å². The van der Waals surface area contributed by atoms with Crippen molar-refractivity contribution in [1.29, 1.82) is 0 Å². The van der Waals surface area contributed by atoms with E-state index in [-0.39, 0.29) is 0 Å². The topological polar surface area (TPSA) is 50.7 Å². The maximum Gasteiger partial charge on any atom is 0.147 e. The molecule has 6 heteroatoms. The van der Waals surface area contributed by atoms with E-state index in [2.05, 4.69) is 20.3 Å². The van der Waals surface area contributed by atoms with Crippen LogP contribution in [0.3, 0.4) is 0 Å². The van der Waals surface area contributed by atoms with Gasteiger partial charge in [-0.05, 0) is 31.2 Å². The van der Waals surface area contributed by atoms with Crippen LogP contribution in [0, 0.1) is 6.92 Å². The van der Waals surface area contributed by atoms with E-state index >= 15 is 0 Å². The maximum absolute atomic E-state index is 6.00. The van der Waals surface area contributed by atoms with Gasteiger partial charge < -0.3 is 5.32 Å². The van der Waals surface area contributed by atoms with Crippen LogP contribution in [0.25, 0.3) is 11.1 Å². The van der Waals surface area contributed by atoms with E-state index in [1.165, 1.54) is 0 Å². The van der Waals surface area contributed by atoms with Crippen LogP contribution in [0.1, 0.15) is 11.4 Å². The number of anilines is 1. The summed E-state index contributed by atoms with van der Waals surface area (Å²) in [7, 11) is 0. The minimum absolute atomic E-state index is 0.303. The molecule has 23 heavy (non-hydrogen) atoms. The second-order valence-corrected chi connectivity index (χ2v) is 5.84. The highest BCUT2D eigenvalue weighted by Gasteiger charge is 2.04. The fourth-order valence-corrected chi connectivity index (χ4v) is 2.40. The lowest BCUT2D eigenvalue weighted by molar-refractivity contribution is 1.04. The summed E-state index contributed by atoms with van der Waals surface area (Å²) >= 11 is 11.8. The van der Waals surface area contributed by atoms with E-state index in [0.717, 1.165) is 28.2 Å². The molecule has 3 aromatic heterocycles. The lowest BCUT2D eigenvalue weighted by Crippen LogP contribution is -2.02. The van der Waals surface area contributed by atoms with Gasteiger partial charge >= 0.3 is 0 Å². The first-order valence-corrected chi connectivity index (χ1v) is 7.80. The van der Waals surface area contributed by atoms with Gasteiger partial charge in [0.25, 0.3) is 0 Å². The lowest BCUT2D eigenvalue weighted by Gasteiger charge is -2.07. The summed E-state index contributed by atoms with van der Waals surface area (Å²) in [5, 5.41) is 4.06. The zero-order valence-electron chi connectivity index (χ0n) is 12.4. The Labute approximate surface area is 144 Å². The summed E-state index contributed by atoms with van der Waals surface area (Å²) in [6.45, 7) is 2.60. The van der Waals surface area contributed by atoms with Gasteiger partial charge in [-0.15, -0.1) is 0 Å². The third kappa shape index (κ3) is 3.97. The molecular weight excluding hydrogens is 331 g/mol. The van der Waals surface area contributed by atoms with Gasteiger partial charge in [0.15, 0.2) is 0 Å². The number of halogens is 2. The zero-order valence-corrected chi connectivity index (χ0v) is 13.9. The van der Waals surface area contributed by atoms with E-state index in [0.29, 0.717) is 16.7 Å². The standard InChI is InChI=1S/C17H14Cl2N4/c1-11-6-14(4-5-20-11)22-10-15-3-2-12(8-21-15)13-7-16(18)17(19)23-9-13/h2-9H,10H2,1H3,(H,20,22). The van der Waals surface area contributed by atoms with Crippen LogP contribution in [0.15, 0.2) is 48.9 Å². The number of pyridine rings is 3. The quantitative estimate of drug-likeness (QED) is 0.692. The summed E-state index contributed by atoms with van der Waals surface area (Å²) in [6, 6.07) is 9.67. The van der Waals surface area contributed by atoms with Crippen molar-refractivity contribution in [2.24, 2.45) is 0 Å². The molecule has 0 radical (unpaired) electrons. The van der Waals surface area contributed by atoms with E-state index in [1.807, 2.05) is 31.2 Å². The summed E-state index contributed by atoms with van der Waals surface area (Å²) in [4.78, 5) is 12.7.